The Bertz CT molecular complexity index is 201. The highest BCUT2D eigenvalue weighted by molar-refractivity contribution is 4.81. The molecule has 1 aliphatic heterocycles. The van der Waals surface area contributed by atoms with Gasteiger partial charge in [-0.05, 0) is 18.4 Å². The monoisotopic (exact) mass is 227 g/mol. The lowest BCUT2D eigenvalue weighted by Crippen LogP contribution is -2.53. The van der Waals surface area contributed by atoms with E-state index in [0.29, 0.717) is 11.5 Å². The molecule has 3 nitrogen and oxygen atoms in total. The Morgan fingerprint density at radius 3 is 2.69 bits per heavy atom. The van der Waals surface area contributed by atoms with Gasteiger partial charge in [-0.3, -0.25) is 0 Å². The summed E-state index contributed by atoms with van der Waals surface area (Å²) in [5.74, 6) is 0.724. The van der Waals surface area contributed by atoms with Crippen molar-refractivity contribution in [2.75, 3.05) is 39.8 Å². The predicted octanol–water partition coefficient (Wildman–Crippen LogP) is 1.16. The van der Waals surface area contributed by atoms with E-state index in [1.807, 2.05) is 0 Å². The molecule has 0 aromatic carbocycles. The molecule has 96 valence electrons. The molecular weight excluding hydrogens is 198 g/mol. The fourth-order valence-corrected chi connectivity index (χ4v) is 1.90. The van der Waals surface area contributed by atoms with Gasteiger partial charge in [0.25, 0.3) is 0 Å². The summed E-state index contributed by atoms with van der Waals surface area (Å²) >= 11 is 0. The van der Waals surface area contributed by atoms with Crippen molar-refractivity contribution < 1.29 is 0 Å². The van der Waals surface area contributed by atoms with Crippen molar-refractivity contribution in [2.45, 2.75) is 33.7 Å². The Morgan fingerprint density at radius 2 is 2.12 bits per heavy atom. The Balaban J connectivity index is 2.20. The van der Waals surface area contributed by atoms with Crippen LogP contribution in [-0.4, -0.2) is 50.7 Å². The van der Waals surface area contributed by atoms with Crippen molar-refractivity contribution in [3.8, 4) is 0 Å². The fraction of sp³-hybridized carbons (Fsp3) is 1.00. The molecule has 0 aromatic rings. The smallest absolute Gasteiger partial charge is 0.0320 e. The minimum absolute atomic E-state index is 0.389. The molecule has 1 unspecified atom stereocenters. The van der Waals surface area contributed by atoms with Crippen molar-refractivity contribution in [3.63, 3.8) is 0 Å². The van der Waals surface area contributed by atoms with Gasteiger partial charge in [0.05, 0.1) is 0 Å². The van der Waals surface area contributed by atoms with Crippen LogP contribution in [0, 0.1) is 11.3 Å². The summed E-state index contributed by atoms with van der Waals surface area (Å²) < 4.78 is 0. The fourth-order valence-electron chi connectivity index (χ4n) is 1.90. The minimum Gasteiger partial charge on any atom is -0.315 e. The SMILES string of the molecule is CC(C)C(C)(C)CNCC1CN(C)CCN1. The largest absolute Gasteiger partial charge is 0.315 e. The average molecular weight is 227 g/mol. The first kappa shape index (κ1) is 13.9. The van der Waals surface area contributed by atoms with Crippen LogP contribution in [0.5, 0.6) is 0 Å². The zero-order chi connectivity index (χ0) is 12.2. The van der Waals surface area contributed by atoms with Crippen LogP contribution >= 0.6 is 0 Å². The van der Waals surface area contributed by atoms with Crippen LogP contribution in [0.25, 0.3) is 0 Å². The molecule has 0 bridgehead atoms. The van der Waals surface area contributed by atoms with Gasteiger partial charge < -0.3 is 15.5 Å². The van der Waals surface area contributed by atoms with E-state index in [9.17, 15) is 0 Å². The quantitative estimate of drug-likeness (QED) is 0.738. The highest BCUT2D eigenvalue weighted by Gasteiger charge is 2.22. The van der Waals surface area contributed by atoms with E-state index in [1.54, 1.807) is 0 Å². The second-order valence-corrected chi connectivity index (χ2v) is 6.19. The molecule has 1 aliphatic rings. The van der Waals surface area contributed by atoms with Crippen molar-refractivity contribution in [3.05, 3.63) is 0 Å². The maximum absolute atomic E-state index is 3.61. The van der Waals surface area contributed by atoms with Crippen LogP contribution < -0.4 is 10.6 Å². The lowest BCUT2D eigenvalue weighted by atomic mass is 9.81. The molecule has 0 radical (unpaired) electrons. The van der Waals surface area contributed by atoms with Gasteiger partial charge >= 0.3 is 0 Å². The Morgan fingerprint density at radius 1 is 1.44 bits per heavy atom. The molecule has 0 saturated carbocycles. The van der Waals surface area contributed by atoms with E-state index in [-0.39, 0.29) is 0 Å². The predicted molar refractivity (Wildman–Crippen MR) is 70.8 cm³/mol. The van der Waals surface area contributed by atoms with Gasteiger partial charge in [-0.25, -0.2) is 0 Å². The number of rotatable bonds is 5. The van der Waals surface area contributed by atoms with Gasteiger partial charge in [-0.15, -0.1) is 0 Å². The van der Waals surface area contributed by atoms with Gasteiger partial charge in [0.1, 0.15) is 0 Å². The molecule has 1 atom stereocenters. The Kier molecular flexibility index (Phi) is 5.22. The third kappa shape index (κ3) is 4.40. The molecule has 1 heterocycles. The molecule has 0 spiro atoms. The summed E-state index contributed by atoms with van der Waals surface area (Å²) in [4.78, 5) is 2.40. The Hall–Kier alpha value is -0.120. The maximum atomic E-state index is 3.61. The van der Waals surface area contributed by atoms with Crippen molar-refractivity contribution in [1.82, 2.24) is 15.5 Å². The molecule has 3 heteroatoms. The number of nitrogens with zero attached hydrogens (tertiary/aromatic N) is 1. The lowest BCUT2D eigenvalue weighted by Gasteiger charge is -2.33. The molecule has 0 amide bonds. The summed E-state index contributed by atoms with van der Waals surface area (Å²) in [6.45, 7) is 14.9. The molecule has 2 N–H and O–H groups in total. The molecule has 1 saturated heterocycles. The number of piperazine rings is 1. The van der Waals surface area contributed by atoms with Crippen LogP contribution in [-0.2, 0) is 0 Å². The van der Waals surface area contributed by atoms with Crippen LogP contribution in [0.2, 0.25) is 0 Å². The van der Waals surface area contributed by atoms with E-state index in [0.717, 1.165) is 32.1 Å². The second-order valence-electron chi connectivity index (χ2n) is 6.19. The normalized spacial score (nSPS) is 24.0. The summed E-state index contributed by atoms with van der Waals surface area (Å²) in [5.41, 5.74) is 0.389. The molecule has 1 fully saturated rings. The zero-order valence-electron chi connectivity index (χ0n) is 11.6. The number of hydrogen-bond acceptors (Lipinski definition) is 3. The molecular formula is C13H29N3. The van der Waals surface area contributed by atoms with Gasteiger partial charge in [0.2, 0.25) is 0 Å². The molecule has 16 heavy (non-hydrogen) atoms. The summed E-state index contributed by atoms with van der Waals surface area (Å²) in [6, 6.07) is 0.613. The van der Waals surface area contributed by atoms with Crippen LogP contribution in [0.1, 0.15) is 27.7 Å². The zero-order valence-corrected chi connectivity index (χ0v) is 11.6. The van der Waals surface area contributed by atoms with Gasteiger partial charge in [-0.1, -0.05) is 27.7 Å². The molecule has 0 aromatic heterocycles. The first-order valence-corrected chi connectivity index (χ1v) is 6.54. The Labute approximate surface area is 101 Å². The number of nitrogens with one attached hydrogen (secondary N) is 2. The van der Waals surface area contributed by atoms with E-state index in [4.69, 9.17) is 0 Å². The van der Waals surface area contributed by atoms with Gasteiger partial charge in [-0.2, -0.15) is 0 Å². The molecule has 1 rings (SSSR count). The summed E-state index contributed by atoms with van der Waals surface area (Å²) in [6.07, 6.45) is 0. The minimum atomic E-state index is 0.389. The average Bonchev–Trinajstić information content (AvgIpc) is 2.17. The van der Waals surface area contributed by atoms with Gasteiger partial charge in [0, 0.05) is 38.8 Å². The summed E-state index contributed by atoms with van der Waals surface area (Å²) in [7, 11) is 2.20. The standard InChI is InChI=1S/C13H29N3/c1-11(2)13(3,4)10-14-8-12-9-16(5)7-6-15-12/h11-12,14-15H,6-10H2,1-5H3. The van der Waals surface area contributed by atoms with E-state index < -0.39 is 0 Å². The topological polar surface area (TPSA) is 27.3 Å². The summed E-state index contributed by atoms with van der Waals surface area (Å²) in [5, 5.41) is 7.17. The first-order valence-electron chi connectivity index (χ1n) is 6.54. The van der Waals surface area contributed by atoms with Crippen molar-refractivity contribution in [2.24, 2.45) is 11.3 Å². The highest BCUT2D eigenvalue weighted by Crippen LogP contribution is 2.24. The van der Waals surface area contributed by atoms with E-state index >= 15 is 0 Å². The highest BCUT2D eigenvalue weighted by atomic mass is 15.2. The van der Waals surface area contributed by atoms with Crippen molar-refractivity contribution in [1.29, 1.82) is 0 Å². The molecule has 0 aliphatic carbocycles. The van der Waals surface area contributed by atoms with E-state index in [1.165, 1.54) is 6.54 Å². The number of likely N-dealkylation sites (N-methyl/N-ethyl adjacent to an activating group) is 1. The lowest BCUT2D eigenvalue weighted by molar-refractivity contribution is 0.210. The first-order chi connectivity index (χ1) is 7.42. The van der Waals surface area contributed by atoms with Crippen molar-refractivity contribution >= 4 is 0 Å². The van der Waals surface area contributed by atoms with Gasteiger partial charge in [0.15, 0.2) is 0 Å². The van der Waals surface area contributed by atoms with Crippen LogP contribution in [0.3, 0.4) is 0 Å². The second kappa shape index (κ2) is 5.99. The third-order valence-corrected chi connectivity index (χ3v) is 3.99. The number of hydrogen-bond donors (Lipinski definition) is 2. The third-order valence-electron chi connectivity index (χ3n) is 3.99. The maximum Gasteiger partial charge on any atom is 0.0320 e. The van der Waals surface area contributed by atoms with E-state index in [2.05, 4.69) is 50.3 Å². The van der Waals surface area contributed by atoms with Crippen LogP contribution in [0.4, 0.5) is 0 Å². The van der Waals surface area contributed by atoms with Crippen LogP contribution in [0.15, 0.2) is 0 Å².